The number of halogens is 1. The van der Waals surface area contributed by atoms with Gasteiger partial charge in [-0.1, -0.05) is 32.0 Å². The van der Waals surface area contributed by atoms with Crippen LogP contribution in [0.3, 0.4) is 0 Å². The van der Waals surface area contributed by atoms with Gasteiger partial charge >= 0.3 is 0 Å². The van der Waals surface area contributed by atoms with E-state index in [0.717, 1.165) is 13.0 Å². The summed E-state index contributed by atoms with van der Waals surface area (Å²) in [6.07, 6.45) is 1.11. The number of nitrogens with two attached hydrogens (primary N) is 1. The topological polar surface area (TPSA) is 53.6 Å². The lowest BCUT2D eigenvalue weighted by atomic mass is 10.1. The normalized spacial score (nSPS) is 12.7. The van der Waals surface area contributed by atoms with Crippen molar-refractivity contribution in [1.82, 2.24) is 5.32 Å². The van der Waals surface area contributed by atoms with Gasteiger partial charge in [-0.15, -0.1) is 24.0 Å². The summed E-state index contributed by atoms with van der Waals surface area (Å²) < 4.78 is 0. The van der Waals surface area contributed by atoms with E-state index in [4.69, 9.17) is 5.73 Å². The predicted molar refractivity (Wildman–Crippen MR) is 104 cm³/mol. The van der Waals surface area contributed by atoms with Crippen LogP contribution in [0.1, 0.15) is 27.2 Å². The molecule has 0 saturated heterocycles. The van der Waals surface area contributed by atoms with Crippen molar-refractivity contribution in [3.8, 4) is 0 Å². The van der Waals surface area contributed by atoms with Crippen LogP contribution in [0.25, 0.3) is 0 Å². The number of hydrogen-bond donors (Lipinski definition) is 2. The summed E-state index contributed by atoms with van der Waals surface area (Å²) in [4.78, 5) is 6.62. The number of benzene rings is 1. The molecule has 1 aromatic rings. The second-order valence-electron chi connectivity index (χ2n) is 5.63. The van der Waals surface area contributed by atoms with E-state index in [9.17, 15) is 0 Å². The summed E-state index contributed by atoms with van der Waals surface area (Å²) in [5.41, 5.74) is 7.06. The second-order valence-corrected chi connectivity index (χ2v) is 5.63. The molecule has 0 saturated carbocycles. The van der Waals surface area contributed by atoms with Crippen LogP contribution in [0.5, 0.6) is 0 Å². The minimum atomic E-state index is 0. The summed E-state index contributed by atoms with van der Waals surface area (Å²) >= 11 is 0. The van der Waals surface area contributed by atoms with Gasteiger partial charge in [0.05, 0.1) is 6.54 Å². The first-order valence-corrected chi connectivity index (χ1v) is 7.32. The van der Waals surface area contributed by atoms with Crippen LogP contribution in [0, 0.1) is 5.92 Å². The van der Waals surface area contributed by atoms with Crippen LogP contribution in [0.15, 0.2) is 35.3 Å². The maximum atomic E-state index is 5.87. The molecular weight excluding hydrogens is 375 g/mol. The van der Waals surface area contributed by atoms with Gasteiger partial charge in [0.1, 0.15) is 0 Å². The van der Waals surface area contributed by atoms with Gasteiger partial charge in [-0.2, -0.15) is 0 Å². The molecule has 4 nitrogen and oxygen atoms in total. The number of anilines is 1. The Hall–Kier alpha value is -0.980. The molecular formula is C16H29IN4. The van der Waals surface area contributed by atoms with E-state index in [1.807, 2.05) is 18.2 Å². The zero-order chi connectivity index (χ0) is 15.0. The number of hydrogen-bond acceptors (Lipinski definition) is 2. The fourth-order valence-corrected chi connectivity index (χ4v) is 1.82. The first-order valence-electron chi connectivity index (χ1n) is 7.32. The van der Waals surface area contributed by atoms with Gasteiger partial charge in [0.25, 0.3) is 0 Å². The summed E-state index contributed by atoms with van der Waals surface area (Å²) in [5.74, 6) is 1.22. The summed E-state index contributed by atoms with van der Waals surface area (Å²) in [7, 11) is 2.08. The fourth-order valence-electron chi connectivity index (χ4n) is 1.82. The Morgan fingerprint density at radius 2 is 1.86 bits per heavy atom. The van der Waals surface area contributed by atoms with Gasteiger partial charge in [-0.05, 0) is 31.4 Å². The zero-order valence-corrected chi connectivity index (χ0v) is 15.9. The molecule has 0 aliphatic heterocycles. The predicted octanol–water partition coefficient (Wildman–Crippen LogP) is 3.08. The molecule has 120 valence electrons. The molecule has 1 aromatic carbocycles. The Kier molecular flexibility index (Phi) is 10.2. The smallest absolute Gasteiger partial charge is 0.188 e. The third kappa shape index (κ3) is 8.14. The van der Waals surface area contributed by atoms with Crippen molar-refractivity contribution >= 4 is 35.6 Å². The van der Waals surface area contributed by atoms with Crippen molar-refractivity contribution in [1.29, 1.82) is 0 Å². The van der Waals surface area contributed by atoms with Crippen LogP contribution in [-0.2, 0) is 0 Å². The van der Waals surface area contributed by atoms with Crippen molar-refractivity contribution in [2.75, 3.05) is 25.0 Å². The van der Waals surface area contributed by atoms with E-state index < -0.39 is 0 Å². The Morgan fingerprint density at radius 3 is 2.43 bits per heavy atom. The standard InChI is InChI=1S/C16H28N4.HI/c1-13(2)10-11-18-16(17)19-12-14(3)20(4)15-8-6-5-7-9-15;/h5-9,13-14H,10-12H2,1-4H3,(H3,17,18,19);1H. The van der Waals surface area contributed by atoms with Crippen molar-refractivity contribution in [3.63, 3.8) is 0 Å². The number of nitrogens with zero attached hydrogens (tertiary/aromatic N) is 2. The fraction of sp³-hybridized carbons (Fsp3) is 0.562. The lowest BCUT2D eigenvalue weighted by Crippen LogP contribution is -2.36. The molecule has 0 heterocycles. The molecule has 0 aromatic heterocycles. The van der Waals surface area contributed by atoms with Gasteiger partial charge in [-0.25, -0.2) is 0 Å². The molecule has 0 spiro atoms. The van der Waals surface area contributed by atoms with Crippen molar-refractivity contribution < 1.29 is 0 Å². The SMILES string of the molecule is CC(C)CCNC(N)=NCC(C)N(C)c1ccccc1.I. The van der Waals surface area contributed by atoms with Crippen LogP contribution < -0.4 is 16.0 Å². The molecule has 1 atom stereocenters. The van der Waals surface area contributed by atoms with Gasteiger partial charge in [0, 0.05) is 25.3 Å². The molecule has 0 radical (unpaired) electrons. The van der Waals surface area contributed by atoms with Crippen molar-refractivity contribution in [2.45, 2.75) is 33.2 Å². The molecule has 21 heavy (non-hydrogen) atoms. The van der Waals surface area contributed by atoms with E-state index >= 15 is 0 Å². The quantitative estimate of drug-likeness (QED) is 0.417. The van der Waals surface area contributed by atoms with E-state index in [-0.39, 0.29) is 24.0 Å². The molecule has 5 heteroatoms. The number of aliphatic imine (C=N–C) groups is 1. The Balaban J connectivity index is 0.00000400. The lowest BCUT2D eigenvalue weighted by molar-refractivity contribution is 0.576. The Morgan fingerprint density at radius 1 is 1.24 bits per heavy atom. The third-order valence-corrected chi connectivity index (χ3v) is 3.38. The van der Waals surface area contributed by atoms with Crippen LogP contribution in [0.2, 0.25) is 0 Å². The third-order valence-electron chi connectivity index (χ3n) is 3.38. The molecule has 0 fully saturated rings. The highest BCUT2D eigenvalue weighted by Gasteiger charge is 2.08. The van der Waals surface area contributed by atoms with E-state index in [2.05, 4.69) is 55.2 Å². The summed E-state index contributed by atoms with van der Waals surface area (Å²) in [5, 5.41) is 3.16. The summed E-state index contributed by atoms with van der Waals surface area (Å²) in [6.45, 7) is 8.12. The van der Waals surface area contributed by atoms with Gasteiger partial charge in [-0.3, -0.25) is 4.99 Å². The number of nitrogens with one attached hydrogen (secondary N) is 1. The van der Waals surface area contributed by atoms with Crippen molar-refractivity contribution in [3.05, 3.63) is 30.3 Å². The minimum Gasteiger partial charge on any atom is -0.370 e. The lowest BCUT2D eigenvalue weighted by Gasteiger charge is -2.25. The van der Waals surface area contributed by atoms with Gasteiger partial charge in [0.2, 0.25) is 0 Å². The highest BCUT2D eigenvalue weighted by Crippen LogP contribution is 2.13. The maximum Gasteiger partial charge on any atom is 0.188 e. The first-order chi connectivity index (χ1) is 9.50. The zero-order valence-electron chi connectivity index (χ0n) is 13.5. The van der Waals surface area contributed by atoms with Gasteiger partial charge in [0.15, 0.2) is 5.96 Å². The molecule has 0 amide bonds. The molecule has 3 N–H and O–H groups in total. The number of para-hydroxylation sites is 1. The second kappa shape index (κ2) is 10.7. The molecule has 1 rings (SSSR count). The van der Waals surface area contributed by atoms with Crippen LogP contribution in [-0.4, -0.2) is 32.1 Å². The number of likely N-dealkylation sites (N-methyl/N-ethyl adjacent to an activating group) is 1. The molecule has 0 aliphatic rings. The number of guanidine groups is 1. The summed E-state index contributed by atoms with van der Waals surface area (Å²) in [6, 6.07) is 10.6. The maximum absolute atomic E-state index is 5.87. The molecule has 0 aliphatic carbocycles. The minimum absolute atomic E-state index is 0. The Bertz CT molecular complexity index is 406. The number of rotatable bonds is 7. The van der Waals surface area contributed by atoms with E-state index in [1.165, 1.54) is 5.69 Å². The highest BCUT2D eigenvalue weighted by molar-refractivity contribution is 14.0. The largest absolute Gasteiger partial charge is 0.370 e. The first kappa shape index (κ1) is 20.0. The van der Waals surface area contributed by atoms with Gasteiger partial charge < -0.3 is 16.0 Å². The van der Waals surface area contributed by atoms with Crippen LogP contribution in [0.4, 0.5) is 5.69 Å². The average Bonchev–Trinajstić information content (AvgIpc) is 2.44. The van der Waals surface area contributed by atoms with Crippen LogP contribution >= 0.6 is 24.0 Å². The average molecular weight is 404 g/mol. The van der Waals surface area contributed by atoms with E-state index in [1.54, 1.807) is 0 Å². The van der Waals surface area contributed by atoms with Crippen molar-refractivity contribution in [2.24, 2.45) is 16.6 Å². The molecule has 0 bridgehead atoms. The highest BCUT2D eigenvalue weighted by atomic mass is 127. The molecule has 1 unspecified atom stereocenters. The van der Waals surface area contributed by atoms with E-state index in [0.29, 0.717) is 24.5 Å². The Labute approximate surface area is 146 Å². The monoisotopic (exact) mass is 404 g/mol.